The van der Waals surface area contributed by atoms with Crippen molar-refractivity contribution >= 4 is 22.8 Å². The lowest BCUT2D eigenvalue weighted by Crippen LogP contribution is -2.05. The molecule has 3 N–H and O–H groups in total. The number of anilines is 2. The summed E-state index contributed by atoms with van der Waals surface area (Å²) in [5.74, 6) is 0. The molecule has 0 aliphatic heterocycles. The third kappa shape index (κ3) is 1.88. The van der Waals surface area contributed by atoms with Crippen molar-refractivity contribution in [2.75, 3.05) is 11.1 Å². The van der Waals surface area contributed by atoms with Crippen LogP contribution in [0.25, 0.3) is 11.1 Å². The van der Waals surface area contributed by atoms with Crippen molar-refractivity contribution in [2.45, 2.75) is 6.54 Å². The van der Waals surface area contributed by atoms with Gasteiger partial charge < -0.3 is 15.5 Å². The van der Waals surface area contributed by atoms with Crippen LogP contribution in [0.3, 0.4) is 0 Å². The molecule has 0 aliphatic rings. The summed E-state index contributed by atoms with van der Waals surface area (Å²) in [5, 5.41) is 7.21. The summed E-state index contributed by atoms with van der Waals surface area (Å²) in [6.45, 7) is 0.610. The van der Waals surface area contributed by atoms with Crippen molar-refractivity contribution < 1.29 is 4.42 Å². The van der Waals surface area contributed by atoms with Crippen LogP contribution in [0, 0.1) is 0 Å². The van der Waals surface area contributed by atoms with Gasteiger partial charge >= 0.3 is 0 Å². The van der Waals surface area contributed by atoms with Crippen LogP contribution < -0.4 is 11.1 Å². The quantitative estimate of drug-likeness (QED) is 0.685. The zero-order valence-corrected chi connectivity index (χ0v) is 9.92. The highest BCUT2D eigenvalue weighted by Gasteiger charge is 2.06. The molecule has 18 heavy (non-hydrogen) atoms. The zero-order chi connectivity index (χ0) is 12.5. The number of hydrogen-bond acceptors (Lipinski definition) is 5. The number of nitrogens with one attached hydrogen (secondary N) is 1. The molecule has 3 aromatic rings. The maximum Gasteiger partial charge on any atom is 0.296 e. The van der Waals surface area contributed by atoms with E-state index in [0.717, 1.165) is 11.2 Å². The Morgan fingerprint density at radius 3 is 3.06 bits per heavy atom. The molecule has 0 amide bonds. The van der Waals surface area contributed by atoms with E-state index in [1.54, 1.807) is 23.0 Å². The molecule has 0 bridgehead atoms. The Bertz CT molecular complexity index is 685. The Kier molecular flexibility index (Phi) is 2.40. The number of nitrogens with zero attached hydrogens (tertiary/aromatic N) is 3. The van der Waals surface area contributed by atoms with E-state index < -0.39 is 0 Å². The van der Waals surface area contributed by atoms with Gasteiger partial charge in [-0.2, -0.15) is 10.1 Å². The van der Waals surface area contributed by atoms with E-state index in [-0.39, 0.29) is 0 Å². The summed E-state index contributed by atoms with van der Waals surface area (Å²) >= 11 is 0. The zero-order valence-electron chi connectivity index (χ0n) is 9.92. The number of benzene rings is 1. The second kappa shape index (κ2) is 4.06. The van der Waals surface area contributed by atoms with Gasteiger partial charge in [-0.25, -0.2) is 0 Å². The monoisotopic (exact) mass is 243 g/mol. The van der Waals surface area contributed by atoms with Gasteiger partial charge in [0, 0.05) is 25.0 Å². The van der Waals surface area contributed by atoms with E-state index in [2.05, 4.69) is 15.4 Å². The van der Waals surface area contributed by atoms with Gasteiger partial charge in [-0.3, -0.25) is 4.68 Å². The molecule has 6 nitrogen and oxygen atoms in total. The van der Waals surface area contributed by atoms with Crippen LogP contribution in [0.4, 0.5) is 11.7 Å². The average Bonchev–Trinajstić information content (AvgIpc) is 2.92. The van der Waals surface area contributed by atoms with E-state index in [1.807, 2.05) is 19.2 Å². The fourth-order valence-corrected chi connectivity index (χ4v) is 1.76. The average molecular weight is 243 g/mol. The van der Waals surface area contributed by atoms with Crippen molar-refractivity contribution in [1.82, 2.24) is 14.8 Å². The van der Waals surface area contributed by atoms with Gasteiger partial charge in [0.05, 0.1) is 12.2 Å². The molecule has 2 aromatic heterocycles. The maximum atomic E-state index is 5.68. The van der Waals surface area contributed by atoms with Crippen LogP contribution in [0.1, 0.15) is 5.69 Å². The highest BCUT2D eigenvalue weighted by atomic mass is 16.4. The number of oxazole rings is 1. The second-order valence-electron chi connectivity index (χ2n) is 4.05. The van der Waals surface area contributed by atoms with Crippen LogP contribution in [0.5, 0.6) is 0 Å². The van der Waals surface area contributed by atoms with Crippen molar-refractivity contribution in [2.24, 2.45) is 7.05 Å². The van der Waals surface area contributed by atoms with E-state index in [1.165, 1.54) is 0 Å². The van der Waals surface area contributed by atoms with Gasteiger partial charge in [-0.1, -0.05) is 0 Å². The van der Waals surface area contributed by atoms with E-state index in [9.17, 15) is 0 Å². The summed E-state index contributed by atoms with van der Waals surface area (Å²) < 4.78 is 7.35. The first kappa shape index (κ1) is 10.6. The fraction of sp³-hybridized carbons (Fsp3) is 0.167. The van der Waals surface area contributed by atoms with Crippen molar-refractivity contribution in [1.29, 1.82) is 0 Å². The molecule has 6 heteroatoms. The molecule has 0 fully saturated rings. The molecule has 92 valence electrons. The number of hydrogen-bond donors (Lipinski definition) is 2. The van der Waals surface area contributed by atoms with Crippen LogP contribution in [0.2, 0.25) is 0 Å². The van der Waals surface area contributed by atoms with E-state index >= 15 is 0 Å². The highest BCUT2D eigenvalue weighted by Crippen LogP contribution is 2.21. The normalized spacial score (nSPS) is 10.9. The fourth-order valence-electron chi connectivity index (χ4n) is 1.76. The third-order valence-corrected chi connectivity index (χ3v) is 2.76. The summed E-state index contributed by atoms with van der Waals surface area (Å²) in [6.07, 6.45) is 1.75. The summed E-state index contributed by atoms with van der Waals surface area (Å²) in [6, 6.07) is 7.82. The number of rotatable bonds is 3. The first-order chi connectivity index (χ1) is 8.72. The minimum absolute atomic E-state index is 0.483. The Labute approximate surface area is 103 Å². The Morgan fingerprint density at radius 2 is 2.28 bits per heavy atom. The molecule has 0 unspecified atom stereocenters. The molecule has 0 aliphatic carbocycles. The number of aryl methyl sites for hydroxylation is 1. The van der Waals surface area contributed by atoms with Crippen LogP contribution in [0.15, 0.2) is 34.9 Å². The molecule has 0 radical (unpaired) electrons. The maximum absolute atomic E-state index is 5.68. The molecular weight excluding hydrogens is 230 g/mol. The van der Waals surface area contributed by atoms with Crippen LogP contribution in [-0.2, 0) is 13.6 Å². The van der Waals surface area contributed by atoms with Gasteiger partial charge in [0.25, 0.3) is 6.01 Å². The second-order valence-corrected chi connectivity index (χ2v) is 4.05. The molecule has 0 saturated heterocycles. The lowest BCUT2D eigenvalue weighted by atomic mass is 10.3. The van der Waals surface area contributed by atoms with Gasteiger partial charge in [0.2, 0.25) is 0 Å². The molecule has 3 rings (SSSR count). The largest absolute Gasteiger partial charge is 0.423 e. The van der Waals surface area contributed by atoms with E-state index in [0.29, 0.717) is 23.8 Å². The van der Waals surface area contributed by atoms with Crippen molar-refractivity contribution in [3.05, 3.63) is 36.2 Å². The first-order valence-corrected chi connectivity index (χ1v) is 5.59. The molecule has 1 aromatic carbocycles. The third-order valence-electron chi connectivity index (χ3n) is 2.76. The summed E-state index contributed by atoms with van der Waals surface area (Å²) in [7, 11) is 1.89. The Balaban J connectivity index is 1.81. The summed E-state index contributed by atoms with van der Waals surface area (Å²) in [4.78, 5) is 4.32. The number of fused-ring (bicyclic) bond motifs is 1. The number of nitrogen functional groups attached to an aromatic ring is 1. The Morgan fingerprint density at radius 1 is 1.39 bits per heavy atom. The van der Waals surface area contributed by atoms with Gasteiger partial charge in [0.15, 0.2) is 5.58 Å². The van der Waals surface area contributed by atoms with E-state index in [4.69, 9.17) is 10.2 Å². The Hall–Kier alpha value is -2.50. The topological polar surface area (TPSA) is 81.9 Å². The van der Waals surface area contributed by atoms with Crippen LogP contribution >= 0.6 is 0 Å². The van der Waals surface area contributed by atoms with Crippen LogP contribution in [-0.4, -0.2) is 14.8 Å². The number of nitrogens with two attached hydrogens (primary N) is 1. The predicted molar refractivity (Wildman–Crippen MR) is 69.0 cm³/mol. The van der Waals surface area contributed by atoms with Gasteiger partial charge in [-0.15, -0.1) is 0 Å². The lowest BCUT2D eigenvalue weighted by Gasteiger charge is -2.01. The first-order valence-electron chi connectivity index (χ1n) is 5.59. The van der Waals surface area contributed by atoms with Crippen molar-refractivity contribution in [3.8, 4) is 0 Å². The molecular formula is C12H13N5O. The molecule has 0 saturated carbocycles. The standard InChI is InChI=1S/C12H13N5O/c1-17-9(4-5-15-17)7-14-12-16-10-3-2-8(13)6-11(10)18-12/h2-6H,7,13H2,1H3,(H,14,16). The molecule has 0 spiro atoms. The molecule has 2 heterocycles. The highest BCUT2D eigenvalue weighted by molar-refractivity contribution is 5.78. The molecule has 0 atom stereocenters. The summed E-state index contributed by atoms with van der Waals surface area (Å²) in [5.41, 5.74) is 8.87. The smallest absolute Gasteiger partial charge is 0.296 e. The SMILES string of the molecule is Cn1nccc1CNc1nc2ccc(N)cc2o1. The van der Waals surface area contributed by atoms with Gasteiger partial charge in [-0.05, 0) is 18.2 Å². The lowest BCUT2D eigenvalue weighted by molar-refractivity contribution is 0.610. The number of aromatic nitrogens is 3. The minimum Gasteiger partial charge on any atom is -0.423 e. The minimum atomic E-state index is 0.483. The van der Waals surface area contributed by atoms with Crippen molar-refractivity contribution in [3.63, 3.8) is 0 Å². The predicted octanol–water partition coefficient (Wildman–Crippen LogP) is 1.76. The van der Waals surface area contributed by atoms with Gasteiger partial charge in [0.1, 0.15) is 5.52 Å².